The summed E-state index contributed by atoms with van der Waals surface area (Å²) in [4.78, 5) is 24.4. The van der Waals surface area contributed by atoms with Crippen LogP contribution in [0.15, 0.2) is 48.5 Å². The highest BCUT2D eigenvalue weighted by Crippen LogP contribution is 2.41. The summed E-state index contributed by atoms with van der Waals surface area (Å²) in [7, 11) is 1.62. The lowest BCUT2D eigenvalue weighted by atomic mass is 10.0. The Kier molecular flexibility index (Phi) is 5.78. The Bertz CT molecular complexity index is 788. The predicted octanol–water partition coefficient (Wildman–Crippen LogP) is 3.35. The van der Waals surface area contributed by atoms with Crippen molar-refractivity contribution < 1.29 is 14.3 Å². The highest BCUT2D eigenvalue weighted by Gasteiger charge is 2.33. The molecular weight excluding hydrogens is 352 g/mol. The highest BCUT2D eigenvalue weighted by molar-refractivity contribution is 6.30. The van der Waals surface area contributed by atoms with Gasteiger partial charge in [-0.2, -0.15) is 0 Å². The van der Waals surface area contributed by atoms with Crippen LogP contribution in [0, 0.1) is 5.92 Å². The molecule has 1 aliphatic rings. The number of carbonyl (C=O) groups excluding carboxylic acids is 2. The molecule has 0 aromatic heterocycles. The Balaban J connectivity index is 1.57. The third-order valence-electron chi connectivity index (χ3n) is 4.38. The van der Waals surface area contributed by atoms with Crippen molar-refractivity contribution >= 4 is 23.4 Å². The van der Waals surface area contributed by atoms with Crippen molar-refractivity contribution in [2.24, 2.45) is 5.92 Å². The normalized spacial score (nSPS) is 14.4. The van der Waals surface area contributed by atoms with Gasteiger partial charge >= 0.3 is 0 Å². The lowest BCUT2D eigenvalue weighted by Crippen LogP contribution is -2.39. The van der Waals surface area contributed by atoms with Crippen LogP contribution in [0.25, 0.3) is 0 Å². The fourth-order valence-electron chi connectivity index (χ4n) is 2.83. The minimum Gasteiger partial charge on any atom is -0.497 e. The summed E-state index contributed by atoms with van der Waals surface area (Å²) in [6, 6.07) is 14.3. The van der Waals surface area contributed by atoms with Crippen LogP contribution in [0.1, 0.15) is 34.8 Å². The topological polar surface area (TPSA) is 67.4 Å². The second-order valence-corrected chi connectivity index (χ2v) is 6.79. The predicted molar refractivity (Wildman–Crippen MR) is 100 cm³/mol. The third-order valence-corrected chi connectivity index (χ3v) is 4.62. The van der Waals surface area contributed by atoms with Gasteiger partial charge in [0.25, 0.3) is 5.91 Å². The van der Waals surface area contributed by atoms with Gasteiger partial charge in [0.15, 0.2) is 0 Å². The fraction of sp³-hybridized carbons (Fsp3) is 0.300. The van der Waals surface area contributed by atoms with Crippen molar-refractivity contribution in [3.63, 3.8) is 0 Å². The maximum atomic E-state index is 12.3. The van der Waals surface area contributed by atoms with Crippen LogP contribution in [-0.2, 0) is 4.79 Å². The Morgan fingerprint density at radius 1 is 1.19 bits per heavy atom. The number of nitrogens with one attached hydrogen (secondary N) is 2. The van der Waals surface area contributed by atoms with E-state index in [0.29, 0.717) is 16.5 Å². The number of rotatable bonds is 7. The lowest BCUT2D eigenvalue weighted by Gasteiger charge is -2.19. The molecule has 2 aromatic rings. The van der Waals surface area contributed by atoms with E-state index in [-0.39, 0.29) is 24.4 Å². The average molecular weight is 373 g/mol. The minimum atomic E-state index is -0.324. The maximum Gasteiger partial charge on any atom is 0.251 e. The molecule has 5 nitrogen and oxygen atoms in total. The van der Waals surface area contributed by atoms with Crippen molar-refractivity contribution in [1.29, 1.82) is 0 Å². The molecule has 6 heteroatoms. The van der Waals surface area contributed by atoms with E-state index in [2.05, 4.69) is 10.6 Å². The van der Waals surface area contributed by atoms with Crippen LogP contribution in [0.3, 0.4) is 0 Å². The standard InChI is InChI=1S/C20H21ClN2O3/c1-26-17-9-7-14(8-10-17)19(13-5-6-13)23-18(24)12-22-20(25)15-3-2-4-16(21)11-15/h2-4,7-11,13,19H,5-6,12H2,1H3,(H,22,25)(H,23,24). The van der Waals surface area contributed by atoms with Gasteiger partial charge in [-0.05, 0) is 54.7 Å². The summed E-state index contributed by atoms with van der Waals surface area (Å²) in [6.45, 7) is -0.0786. The van der Waals surface area contributed by atoms with Crippen LogP contribution in [-0.4, -0.2) is 25.5 Å². The molecule has 1 fully saturated rings. The molecule has 136 valence electrons. The summed E-state index contributed by atoms with van der Waals surface area (Å²) >= 11 is 5.88. The Labute approximate surface area is 157 Å². The first-order valence-electron chi connectivity index (χ1n) is 8.54. The molecule has 1 unspecified atom stereocenters. The lowest BCUT2D eigenvalue weighted by molar-refractivity contribution is -0.121. The molecule has 1 atom stereocenters. The number of hydrogen-bond acceptors (Lipinski definition) is 3. The molecule has 26 heavy (non-hydrogen) atoms. The summed E-state index contributed by atoms with van der Waals surface area (Å²) < 4.78 is 5.18. The number of ether oxygens (including phenoxy) is 1. The van der Waals surface area contributed by atoms with Crippen LogP contribution in [0.5, 0.6) is 5.75 Å². The molecule has 3 rings (SSSR count). The summed E-state index contributed by atoms with van der Waals surface area (Å²) in [5.41, 5.74) is 1.47. The zero-order chi connectivity index (χ0) is 18.5. The minimum absolute atomic E-state index is 0.0449. The summed E-state index contributed by atoms with van der Waals surface area (Å²) in [6.07, 6.45) is 2.18. The number of halogens is 1. The molecule has 0 bridgehead atoms. The first-order valence-corrected chi connectivity index (χ1v) is 8.91. The number of methoxy groups -OCH3 is 1. The second-order valence-electron chi connectivity index (χ2n) is 6.35. The van der Waals surface area contributed by atoms with Gasteiger partial charge < -0.3 is 15.4 Å². The summed E-state index contributed by atoms with van der Waals surface area (Å²) in [5, 5.41) is 6.14. The SMILES string of the molecule is COc1ccc(C(NC(=O)CNC(=O)c2cccc(Cl)c2)C2CC2)cc1. The van der Waals surface area contributed by atoms with Crippen molar-refractivity contribution in [1.82, 2.24) is 10.6 Å². The van der Waals surface area contributed by atoms with Crippen molar-refractivity contribution in [3.05, 3.63) is 64.7 Å². The van der Waals surface area contributed by atoms with Crippen molar-refractivity contribution in [2.75, 3.05) is 13.7 Å². The Morgan fingerprint density at radius 2 is 1.92 bits per heavy atom. The summed E-state index contributed by atoms with van der Waals surface area (Å²) in [5.74, 6) is 0.683. The molecule has 2 amide bonds. The number of hydrogen-bond donors (Lipinski definition) is 2. The second kappa shape index (κ2) is 8.23. The van der Waals surface area contributed by atoms with Crippen molar-refractivity contribution in [3.8, 4) is 5.75 Å². The fourth-order valence-corrected chi connectivity index (χ4v) is 3.02. The molecule has 1 aliphatic carbocycles. The zero-order valence-electron chi connectivity index (χ0n) is 14.5. The van der Waals surface area contributed by atoms with E-state index in [9.17, 15) is 9.59 Å². The van der Waals surface area contributed by atoms with Gasteiger partial charge in [-0.3, -0.25) is 9.59 Å². The molecule has 0 saturated heterocycles. The molecule has 0 spiro atoms. The van der Waals surface area contributed by atoms with Crippen LogP contribution in [0.4, 0.5) is 0 Å². The first-order chi connectivity index (χ1) is 12.6. The quantitative estimate of drug-likeness (QED) is 0.783. The van der Waals surface area contributed by atoms with Crippen LogP contribution < -0.4 is 15.4 Å². The first kappa shape index (κ1) is 18.3. The zero-order valence-corrected chi connectivity index (χ0v) is 15.3. The third kappa shape index (κ3) is 4.76. The Morgan fingerprint density at radius 3 is 2.54 bits per heavy atom. The van der Waals surface area contributed by atoms with E-state index < -0.39 is 0 Å². The monoisotopic (exact) mass is 372 g/mol. The van der Waals surface area contributed by atoms with E-state index in [1.807, 2.05) is 24.3 Å². The maximum absolute atomic E-state index is 12.3. The van der Waals surface area contributed by atoms with E-state index >= 15 is 0 Å². The molecule has 2 N–H and O–H groups in total. The average Bonchev–Trinajstić information content (AvgIpc) is 3.49. The van der Waals surface area contributed by atoms with Crippen LogP contribution >= 0.6 is 11.6 Å². The van der Waals surface area contributed by atoms with Gasteiger partial charge in [-0.1, -0.05) is 29.8 Å². The van der Waals surface area contributed by atoms with Crippen LogP contribution in [0.2, 0.25) is 5.02 Å². The van der Waals surface area contributed by atoms with Gasteiger partial charge in [0.2, 0.25) is 5.91 Å². The number of benzene rings is 2. The van der Waals surface area contributed by atoms with Crippen molar-refractivity contribution in [2.45, 2.75) is 18.9 Å². The van der Waals surface area contributed by atoms with Gasteiger partial charge in [-0.25, -0.2) is 0 Å². The van der Waals surface area contributed by atoms with Gasteiger partial charge in [0, 0.05) is 10.6 Å². The highest BCUT2D eigenvalue weighted by atomic mass is 35.5. The van der Waals surface area contributed by atoms with Gasteiger partial charge in [-0.15, -0.1) is 0 Å². The van der Waals surface area contributed by atoms with Gasteiger partial charge in [0.1, 0.15) is 5.75 Å². The van der Waals surface area contributed by atoms with E-state index in [0.717, 1.165) is 24.2 Å². The van der Waals surface area contributed by atoms with E-state index in [4.69, 9.17) is 16.3 Å². The molecule has 0 radical (unpaired) electrons. The largest absolute Gasteiger partial charge is 0.497 e. The smallest absolute Gasteiger partial charge is 0.251 e. The number of carbonyl (C=O) groups is 2. The number of amides is 2. The Hall–Kier alpha value is -2.53. The molecule has 0 heterocycles. The van der Waals surface area contributed by atoms with E-state index in [1.165, 1.54) is 0 Å². The molecule has 1 saturated carbocycles. The molecular formula is C20H21ClN2O3. The van der Waals surface area contributed by atoms with Gasteiger partial charge in [0.05, 0.1) is 19.7 Å². The molecule has 2 aromatic carbocycles. The molecule has 0 aliphatic heterocycles. The van der Waals surface area contributed by atoms with E-state index in [1.54, 1.807) is 31.4 Å².